The second-order valence-electron chi connectivity index (χ2n) is 11.1. The lowest BCUT2D eigenvalue weighted by atomic mass is 9.44. The van der Waals surface area contributed by atoms with Gasteiger partial charge in [0.05, 0.1) is 18.1 Å². The Labute approximate surface area is 194 Å². The number of allylic oxidation sites excluding steroid dienone is 1. The van der Waals surface area contributed by atoms with Crippen LogP contribution < -0.4 is 0 Å². The van der Waals surface area contributed by atoms with Gasteiger partial charge in [0, 0.05) is 23.2 Å². The maximum atomic E-state index is 17.3. The first-order chi connectivity index (χ1) is 15.1. The van der Waals surface area contributed by atoms with E-state index in [-0.39, 0.29) is 29.8 Å². The van der Waals surface area contributed by atoms with E-state index >= 15 is 4.39 Å². The Bertz CT molecular complexity index is 876. The van der Waals surface area contributed by atoms with Crippen molar-refractivity contribution >= 4 is 23.2 Å². The SMILES string of the molecule is CCCC1O[C@@H]2C[C@H]3[C@@H]4CCC5=CC(=O)CC[C@]5(C)[C@@]4(F)[C@@H](O)C[C@]3(C)[C@@]2(C(=O)CCl)O1. The number of ether oxygens (including phenoxy) is 2. The lowest BCUT2D eigenvalue weighted by Gasteiger charge is -2.63. The Balaban J connectivity index is 1.59. The molecular weight excluding hydrogens is 435 g/mol. The van der Waals surface area contributed by atoms with Crippen LogP contribution in [0.3, 0.4) is 0 Å². The van der Waals surface area contributed by atoms with E-state index in [0.717, 1.165) is 12.0 Å². The van der Waals surface area contributed by atoms with Crippen LogP contribution in [-0.4, -0.2) is 52.3 Å². The normalized spacial score (nSPS) is 52.0. The van der Waals surface area contributed by atoms with Gasteiger partial charge < -0.3 is 14.6 Å². The van der Waals surface area contributed by atoms with Crippen LogP contribution in [0.25, 0.3) is 0 Å². The third-order valence-electron chi connectivity index (χ3n) is 9.89. The molecule has 4 fully saturated rings. The number of Topliss-reactive ketones (excluding diaryl/α,β-unsaturated/α-hetero) is 1. The van der Waals surface area contributed by atoms with Gasteiger partial charge in [-0.25, -0.2) is 4.39 Å². The predicted molar refractivity (Wildman–Crippen MR) is 117 cm³/mol. The summed E-state index contributed by atoms with van der Waals surface area (Å²) in [4.78, 5) is 25.4. The molecule has 5 rings (SSSR count). The topological polar surface area (TPSA) is 72.8 Å². The van der Waals surface area contributed by atoms with Crippen LogP contribution >= 0.6 is 11.6 Å². The van der Waals surface area contributed by atoms with Gasteiger partial charge in [0.25, 0.3) is 0 Å². The second kappa shape index (κ2) is 7.34. The first kappa shape index (κ1) is 22.9. The molecule has 0 aromatic rings. The molecule has 1 aliphatic heterocycles. The number of carbonyl (C=O) groups excluding carboxylic acids is 2. The molecule has 1 unspecified atom stereocenters. The monoisotopic (exact) mass is 468 g/mol. The molecule has 178 valence electrons. The summed E-state index contributed by atoms with van der Waals surface area (Å²) in [6.07, 6.45) is 3.45. The average Bonchev–Trinajstić information content (AvgIpc) is 3.22. The van der Waals surface area contributed by atoms with E-state index in [9.17, 15) is 14.7 Å². The Morgan fingerprint density at radius 3 is 2.75 bits per heavy atom. The molecule has 7 heteroatoms. The van der Waals surface area contributed by atoms with Crippen molar-refractivity contribution in [1.82, 2.24) is 0 Å². The molecule has 32 heavy (non-hydrogen) atoms. The number of hydrogen-bond donors (Lipinski definition) is 1. The smallest absolute Gasteiger partial charge is 0.182 e. The minimum absolute atomic E-state index is 0.0421. The summed E-state index contributed by atoms with van der Waals surface area (Å²) >= 11 is 6.08. The molecule has 1 saturated heterocycles. The van der Waals surface area contributed by atoms with Crippen molar-refractivity contribution in [3.05, 3.63) is 11.6 Å². The molecular formula is C25H34ClFO5. The molecule has 9 atom stereocenters. The summed E-state index contributed by atoms with van der Waals surface area (Å²) in [5.74, 6) is -0.992. The molecule has 0 bridgehead atoms. The number of aliphatic hydroxyl groups excluding tert-OH is 1. The highest BCUT2D eigenvalue weighted by Crippen LogP contribution is 2.72. The van der Waals surface area contributed by atoms with Crippen LogP contribution in [0.15, 0.2) is 11.6 Å². The van der Waals surface area contributed by atoms with Gasteiger partial charge >= 0.3 is 0 Å². The number of ketones is 2. The summed E-state index contributed by atoms with van der Waals surface area (Å²) in [5.41, 5.74) is -3.92. The van der Waals surface area contributed by atoms with Crippen LogP contribution in [0, 0.1) is 22.7 Å². The highest BCUT2D eigenvalue weighted by atomic mass is 35.5. The number of hydrogen-bond acceptors (Lipinski definition) is 5. The highest BCUT2D eigenvalue weighted by molar-refractivity contribution is 6.29. The average molecular weight is 469 g/mol. The Morgan fingerprint density at radius 2 is 2.06 bits per heavy atom. The van der Waals surface area contributed by atoms with Crippen molar-refractivity contribution < 1.29 is 28.6 Å². The number of carbonyl (C=O) groups is 2. The molecule has 1 heterocycles. The lowest BCUT2D eigenvalue weighted by Crippen LogP contribution is -2.70. The maximum Gasteiger partial charge on any atom is 0.182 e. The summed E-state index contributed by atoms with van der Waals surface area (Å²) in [6, 6.07) is 0. The highest BCUT2D eigenvalue weighted by Gasteiger charge is 2.79. The largest absolute Gasteiger partial charge is 0.390 e. The fraction of sp³-hybridized carbons (Fsp3) is 0.840. The van der Waals surface area contributed by atoms with Gasteiger partial charge in [-0.2, -0.15) is 0 Å². The molecule has 0 spiro atoms. The van der Waals surface area contributed by atoms with Crippen molar-refractivity contribution in [3.8, 4) is 0 Å². The summed E-state index contributed by atoms with van der Waals surface area (Å²) in [6.45, 7) is 5.88. The number of halogens is 2. The summed E-state index contributed by atoms with van der Waals surface area (Å²) < 4.78 is 29.9. The maximum absolute atomic E-state index is 17.3. The van der Waals surface area contributed by atoms with Gasteiger partial charge in [-0.1, -0.05) is 32.8 Å². The second-order valence-corrected chi connectivity index (χ2v) is 11.4. The first-order valence-corrected chi connectivity index (χ1v) is 12.6. The fourth-order valence-electron chi connectivity index (χ4n) is 8.35. The van der Waals surface area contributed by atoms with Gasteiger partial charge in [-0.3, -0.25) is 9.59 Å². The van der Waals surface area contributed by atoms with Crippen LogP contribution in [0.2, 0.25) is 0 Å². The van der Waals surface area contributed by atoms with E-state index < -0.39 is 46.5 Å². The molecule has 5 aliphatic rings. The standard InChI is InChI=1S/C25H34ClFO5/c1-4-5-21-31-20-11-17-16-7-6-14-10-15(28)8-9-22(14,2)24(16,27)18(29)12-23(17,3)25(20,32-21)19(30)13-26/h10,16-18,20-21,29H,4-9,11-13H2,1-3H3/t16-,17-,18-,20+,21?,22-,23-,24-,25-/m0/s1. The Kier molecular flexibility index (Phi) is 5.26. The van der Waals surface area contributed by atoms with Crippen molar-refractivity contribution in [2.24, 2.45) is 22.7 Å². The number of alkyl halides is 2. The summed E-state index contributed by atoms with van der Waals surface area (Å²) in [7, 11) is 0. The molecule has 1 N–H and O–H groups in total. The lowest BCUT2D eigenvalue weighted by molar-refractivity contribution is -0.237. The molecule has 0 aromatic carbocycles. The zero-order chi connectivity index (χ0) is 23.1. The Morgan fingerprint density at radius 1 is 1.31 bits per heavy atom. The van der Waals surface area contributed by atoms with Crippen LogP contribution in [0.4, 0.5) is 4.39 Å². The zero-order valence-electron chi connectivity index (χ0n) is 19.2. The van der Waals surface area contributed by atoms with Crippen molar-refractivity contribution in [1.29, 1.82) is 0 Å². The molecule has 4 aliphatic carbocycles. The quantitative estimate of drug-likeness (QED) is 0.623. The van der Waals surface area contributed by atoms with Gasteiger partial charge in [0.1, 0.15) is 5.67 Å². The number of aliphatic hydroxyl groups is 1. The van der Waals surface area contributed by atoms with Crippen LogP contribution in [-0.2, 0) is 19.1 Å². The Hall–Kier alpha value is -0.820. The summed E-state index contributed by atoms with van der Waals surface area (Å²) in [5, 5.41) is 11.5. The van der Waals surface area contributed by atoms with E-state index in [2.05, 4.69) is 0 Å². The number of fused-ring (bicyclic) bond motifs is 7. The molecule has 5 nitrogen and oxygen atoms in total. The molecule has 3 saturated carbocycles. The van der Waals surface area contributed by atoms with Crippen molar-refractivity contribution in [2.75, 3.05) is 5.88 Å². The number of rotatable bonds is 4. The van der Waals surface area contributed by atoms with E-state index in [1.165, 1.54) is 0 Å². The van der Waals surface area contributed by atoms with Crippen LogP contribution in [0.5, 0.6) is 0 Å². The van der Waals surface area contributed by atoms with E-state index in [1.807, 2.05) is 20.8 Å². The molecule has 0 amide bonds. The molecule has 0 radical (unpaired) electrons. The predicted octanol–water partition coefficient (Wildman–Crippen LogP) is 4.28. The van der Waals surface area contributed by atoms with Crippen molar-refractivity contribution in [2.45, 2.75) is 102 Å². The van der Waals surface area contributed by atoms with Crippen molar-refractivity contribution in [3.63, 3.8) is 0 Å². The minimum atomic E-state index is -1.85. The fourth-order valence-corrected chi connectivity index (χ4v) is 8.55. The van der Waals surface area contributed by atoms with Gasteiger partial charge in [0.15, 0.2) is 23.5 Å². The van der Waals surface area contributed by atoms with E-state index in [1.54, 1.807) is 6.08 Å². The van der Waals surface area contributed by atoms with E-state index in [0.29, 0.717) is 38.5 Å². The van der Waals surface area contributed by atoms with Gasteiger partial charge in [0.2, 0.25) is 0 Å². The molecule has 0 aromatic heterocycles. The van der Waals surface area contributed by atoms with Crippen LogP contribution in [0.1, 0.15) is 72.1 Å². The third kappa shape index (κ3) is 2.56. The zero-order valence-corrected chi connectivity index (χ0v) is 19.9. The van der Waals surface area contributed by atoms with E-state index in [4.69, 9.17) is 21.1 Å². The van der Waals surface area contributed by atoms with Gasteiger partial charge in [-0.05, 0) is 50.5 Å². The van der Waals surface area contributed by atoms with Gasteiger partial charge in [-0.15, -0.1) is 11.6 Å². The first-order valence-electron chi connectivity index (χ1n) is 12.1. The third-order valence-corrected chi connectivity index (χ3v) is 10.1. The minimum Gasteiger partial charge on any atom is -0.390 e.